The highest BCUT2D eigenvalue weighted by Gasteiger charge is 2.39. The lowest BCUT2D eigenvalue weighted by molar-refractivity contribution is -0.116. The van der Waals surface area contributed by atoms with Gasteiger partial charge in [-0.05, 0) is 12.1 Å². The van der Waals surface area contributed by atoms with Gasteiger partial charge in [0.25, 0.3) is 0 Å². The van der Waals surface area contributed by atoms with Gasteiger partial charge in [-0.2, -0.15) is 10.2 Å². The highest BCUT2D eigenvalue weighted by molar-refractivity contribution is 7.07. The maximum Gasteiger partial charge on any atom is 0.224 e. The third kappa shape index (κ3) is 4.88. The summed E-state index contributed by atoms with van der Waals surface area (Å²) in [4.78, 5) is 16.4. The maximum atomic E-state index is 12.2. The Labute approximate surface area is 150 Å². The molecule has 0 spiro atoms. The summed E-state index contributed by atoms with van der Waals surface area (Å²) in [6, 6.07) is 7.35. The van der Waals surface area contributed by atoms with E-state index in [0.29, 0.717) is 43.7 Å². The van der Waals surface area contributed by atoms with Crippen LogP contribution < -0.4 is 10.1 Å². The van der Waals surface area contributed by atoms with E-state index in [4.69, 9.17) is 11.2 Å². The lowest BCUT2D eigenvalue weighted by Gasteiger charge is -2.13. The molecule has 0 saturated carbocycles. The molecule has 1 aliphatic heterocycles. The zero-order chi connectivity index (χ0) is 17.5. The predicted molar refractivity (Wildman–Crippen MR) is 96.4 cm³/mol. The molecule has 0 fully saturated rings. The molecular weight excluding hydrogens is 336 g/mol. The van der Waals surface area contributed by atoms with E-state index in [1.165, 1.54) is 11.3 Å². The fourth-order valence-corrected chi connectivity index (χ4v) is 2.89. The molecular formula is C18H18N4O2S. The average molecular weight is 354 g/mol. The summed E-state index contributed by atoms with van der Waals surface area (Å²) in [6.07, 6.45) is 7.49. The van der Waals surface area contributed by atoms with Crippen LogP contribution in [-0.2, 0) is 11.4 Å². The minimum absolute atomic E-state index is 0.0953. The van der Waals surface area contributed by atoms with E-state index >= 15 is 0 Å². The lowest BCUT2D eigenvalue weighted by atomic mass is 10.0. The Hall–Kier alpha value is -2.72. The van der Waals surface area contributed by atoms with Crippen LogP contribution in [-0.4, -0.2) is 16.6 Å². The zero-order valence-electron chi connectivity index (χ0n) is 13.6. The van der Waals surface area contributed by atoms with Crippen molar-refractivity contribution in [3.8, 4) is 18.1 Å². The Morgan fingerprint density at radius 3 is 2.88 bits per heavy atom. The third-order valence-electron chi connectivity index (χ3n) is 3.83. The maximum absolute atomic E-state index is 12.2. The molecule has 128 valence electrons. The molecule has 0 saturated heterocycles. The molecule has 0 atom stereocenters. The van der Waals surface area contributed by atoms with Crippen LogP contribution >= 0.6 is 11.3 Å². The van der Waals surface area contributed by atoms with Crippen LogP contribution in [0.3, 0.4) is 0 Å². The molecule has 2 aromatic rings. The van der Waals surface area contributed by atoms with E-state index in [1.54, 1.807) is 5.51 Å². The van der Waals surface area contributed by atoms with Crippen LogP contribution in [0, 0.1) is 12.3 Å². The van der Waals surface area contributed by atoms with Gasteiger partial charge in [-0.15, -0.1) is 23.7 Å². The number of terminal acetylenes is 1. The molecule has 0 radical (unpaired) electrons. The first-order valence-corrected chi connectivity index (χ1v) is 8.91. The number of benzene rings is 1. The standard InChI is InChI=1S/C18H18N4O2S/c1-2-3-9-18(21-22-18)10-8-17(23)20-15-6-4-5-7-16(15)24-11-14-12-25-13-19-14/h1,4-7,12-13H,3,8-11H2,(H,20,23). The summed E-state index contributed by atoms with van der Waals surface area (Å²) < 4.78 is 5.76. The number of carbonyl (C=O) groups excluding carboxylic acids is 1. The monoisotopic (exact) mass is 354 g/mol. The van der Waals surface area contributed by atoms with Gasteiger partial charge < -0.3 is 10.1 Å². The van der Waals surface area contributed by atoms with Gasteiger partial charge in [0, 0.05) is 31.1 Å². The van der Waals surface area contributed by atoms with Crippen molar-refractivity contribution < 1.29 is 9.53 Å². The number of hydrogen-bond donors (Lipinski definition) is 1. The second-order valence-corrected chi connectivity index (χ2v) is 6.42. The fourth-order valence-electron chi connectivity index (χ4n) is 2.35. The first-order chi connectivity index (χ1) is 12.2. The third-order valence-corrected chi connectivity index (χ3v) is 4.46. The largest absolute Gasteiger partial charge is 0.485 e. The molecule has 7 heteroatoms. The number of nitrogens with one attached hydrogen (secondary N) is 1. The Morgan fingerprint density at radius 1 is 1.32 bits per heavy atom. The molecule has 2 heterocycles. The van der Waals surface area contributed by atoms with Crippen molar-refractivity contribution >= 4 is 22.9 Å². The molecule has 3 rings (SSSR count). The van der Waals surface area contributed by atoms with Gasteiger partial charge in [0.05, 0.1) is 16.9 Å². The van der Waals surface area contributed by atoms with E-state index in [9.17, 15) is 4.79 Å². The topological polar surface area (TPSA) is 75.9 Å². The molecule has 25 heavy (non-hydrogen) atoms. The van der Waals surface area contributed by atoms with Crippen LogP contribution in [0.25, 0.3) is 0 Å². The van der Waals surface area contributed by atoms with E-state index < -0.39 is 5.66 Å². The van der Waals surface area contributed by atoms with Crippen molar-refractivity contribution in [2.45, 2.75) is 38.0 Å². The summed E-state index contributed by atoms with van der Waals surface area (Å²) in [6.45, 7) is 0.364. The number of aromatic nitrogens is 1. The number of anilines is 1. The number of thiazole rings is 1. The van der Waals surface area contributed by atoms with Gasteiger partial charge >= 0.3 is 0 Å². The van der Waals surface area contributed by atoms with Gasteiger partial charge in [-0.25, -0.2) is 4.98 Å². The number of ether oxygens (including phenoxy) is 1. The number of para-hydroxylation sites is 2. The number of nitrogens with zero attached hydrogens (tertiary/aromatic N) is 3. The van der Waals surface area contributed by atoms with Crippen LogP contribution in [0.4, 0.5) is 5.69 Å². The molecule has 6 nitrogen and oxygen atoms in total. The van der Waals surface area contributed by atoms with Gasteiger partial charge in [0.2, 0.25) is 5.91 Å². The molecule has 1 aromatic carbocycles. The van der Waals surface area contributed by atoms with Crippen LogP contribution in [0.5, 0.6) is 5.75 Å². The number of amides is 1. The first kappa shape index (κ1) is 17.1. The highest BCUT2D eigenvalue weighted by atomic mass is 32.1. The Bertz CT molecular complexity index is 790. The summed E-state index contributed by atoms with van der Waals surface area (Å²) in [5.74, 6) is 3.10. The number of carbonyl (C=O) groups is 1. The zero-order valence-corrected chi connectivity index (χ0v) is 14.5. The number of rotatable bonds is 9. The molecule has 0 unspecified atom stereocenters. The van der Waals surface area contributed by atoms with Gasteiger partial charge in [0.1, 0.15) is 12.4 Å². The summed E-state index contributed by atoms with van der Waals surface area (Å²) in [5, 5.41) is 12.9. The summed E-state index contributed by atoms with van der Waals surface area (Å²) in [5.41, 5.74) is 2.82. The van der Waals surface area contributed by atoms with E-state index in [0.717, 1.165) is 5.69 Å². The van der Waals surface area contributed by atoms with E-state index in [1.807, 2.05) is 29.6 Å². The van der Waals surface area contributed by atoms with Crippen molar-refractivity contribution in [2.24, 2.45) is 10.2 Å². The molecule has 0 aliphatic carbocycles. The molecule has 0 bridgehead atoms. The van der Waals surface area contributed by atoms with Crippen molar-refractivity contribution in [2.75, 3.05) is 5.32 Å². The average Bonchev–Trinajstić information content (AvgIpc) is 3.20. The van der Waals surface area contributed by atoms with E-state index in [-0.39, 0.29) is 5.91 Å². The second-order valence-electron chi connectivity index (χ2n) is 5.70. The lowest BCUT2D eigenvalue weighted by Crippen LogP contribution is -2.18. The summed E-state index contributed by atoms with van der Waals surface area (Å²) >= 11 is 1.52. The first-order valence-electron chi connectivity index (χ1n) is 7.97. The fraction of sp³-hybridized carbons (Fsp3) is 0.333. The van der Waals surface area contributed by atoms with Gasteiger partial charge in [-0.3, -0.25) is 4.79 Å². The normalized spacial score (nSPS) is 13.9. The Kier molecular flexibility index (Phi) is 5.41. The molecule has 1 amide bonds. The highest BCUT2D eigenvalue weighted by Crippen LogP contribution is 2.37. The Morgan fingerprint density at radius 2 is 2.16 bits per heavy atom. The van der Waals surface area contributed by atoms with Crippen LogP contribution in [0.15, 0.2) is 45.4 Å². The van der Waals surface area contributed by atoms with Gasteiger partial charge in [-0.1, -0.05) is 12.1 Å². The molecule has 1 aromatic heterocycles. The second kappa shape index (κ2) is 7.90. The van der Waals surface area contributed by atoms with Gasteiger partial charge in [0.15, 0.2) is 5.66 Å². The SMILES string of the molecule is C#CCCC1(CCC(=O)Nc2ccccc2OCc2cscn2)N=N1. The molecule has 1 N–H and O–H groups in total. The summed E-state index contributed by atoms with van der Waals surface area (Å²) in [7, 11) is 0. The predicted octanol–water partition coefficient (Wildman–Crippen LogP) is 4.02. The van der Waals surface area contributed by atoms with Crippen LogP contribution in [0.2, 0.25) is 0 Å². The van der Waals surface area contributed by atoms with Crippen molar-refractivity contribution in [3.05, 3.63) is 40.8 Å². The Balaban J connectivity index is 1.52. The quantitative estimate of drug-likeness (QED) is 0.691. The smallest absolute Gasteiger partial charge is 0.224 e. The van der Waals surface area contributed by atoms with Crippen molar-refractivity contribution in [3.63, 3.8) is 0 Å². The van der Waals surface area contributed by atoms with E-state index in [2.05, 4.69) is 26.4 Å². The van der Waals surface area contributed by atoms with Crippen LogP contribution in [0.1, 0.15) is 31.4 Å². The van der Waals surface area contributed by atoms with Crippen molar-refractivity contribution in [1.29, 1.82) is 0 Å². The van der Waals surface area contributed by atoms with Crippen molar-refractivity contribution in [1.82, 2.24) is 4.98 Å². The minimum Gasteiger partial charge on any atom is -0.485 e. The molecule has 1 aliphatic rings. The number of hydrogen-bond acceptors (Lipinski definition) is 6. The minimum atomic E-state index is -0.440.